The maximum Gasteiger partial charge on any atom is 0.138 e. The van der Waals surface area contributed by atoms with Crippen molar-refractivity contribution in [2.45, 2.75) is 0 Å². The molecular formula is C17H11BrN2. The molecule has 0 radical (unpaired) electrons. The number of H-pyrrole nitrogens is 1. The SMILES string of the molecule is Brc1ccc2c(ccc3nc(-c4ccccc4)[nH]c32)c1. The molecule has 96 valence electrons. The van der Waals surface area contributed by atoms with E-state index in [-0.39, 0.29) is 0 Å². The first-order valence-corrected chi connectivity index (χ1v) is 7.24. The first-order valence-electron chi connectivity index (χ1n) is 6.45. The fourth-order valence-electron chi connectivity index (χ4n) is 2.51. The number of fused-ring (bicyclic) bond motifs is 3. The first-order chi connectivity index (χ1) is 9.81. The lowest BCUT2D eigenvalue weighted by Crippen LogP contribution is -1.78. The Kier molecular flexibility index (Phi) is 2.60. The van der Waals surface area contributed by atoms with Crippen molar-refractivity contribution in [1.82, 2.24) is 9.97 Å². The summed E-state index contributed by atoms with van der Waals surface area (Å²) >= 11 is 3.51. The largest absolute Gasteiger partial charge is 0.337 e. The molecule has 0 saturated carbocycles. The lowest BCUT2D eigenvalue weighted by atomic mass is 10.1. The zero-order valence-electron chi connectivity index (χ0n) is 10.6. The smallest absolute Gasteiger partial charge is 0.138 e. The Balaban J connectivity index is 2.02. The molecule has 0 aliphatic carbocycles. The molecule has 2 nitrogen and oxygen atoms in total. The van der Waals surface area contributed by atoms with Crippen LogP contribution in [-0.4, -0.2) is 9.97 Å². The van der Waals surface area contributed by atoms with Gasteiger partial charge in [-0.15, -0.1) is 0 Å². The summed E-state index contributed by atoms with van der Waals surface area (Å²) in [4.78, 5) is 8.14. The number of aromatic amines is 1. The number of hydrogen-bond acceptors (Lipinski definition) is 1. The van der Waals surface area contributed by atoms with Crippen LogP contribution in [0.15, 0.2) is 65.1 Å². The van der Waals surface area contributed by atoms with Gasteiger partial charge in [-0.1, -0.05) is 58.4 Å². The average Bonchev–Trinajstić information content (AvgIpc) is 2.92. The Morgan fingerprint density at radius 3 is 2.60 bits per heavy atom. The minimum Gasteiger partial charge on any atom is -0.337 e. The molecule has 3 aromatic carbocycles. The quantitative estimate of drug-likeness (QED) is 0.516. The summed E-state index contributed by atoms with van der Waals surface area (Å²) in [5, 5.41) is 2.40. The van der Waals surface area contributed by atoms with E-state index in [9.17, 15) is 0 Å². The Morgan fingerprint density at radius 2 is 1.75 bits per heavy atom. The third kappa shape index (κ3) is 1.82. The highest BCUT2D eigenvalue weighted by Gasteiger charge is 2.08. The lowest BCUT2D eigenvalue weighted by molar-refractivity contribution is 1.34. The van der Waals surface area contributed by atoms with Crippen LogP contribution in [0, 0.1) is 0 Å². The predicted molar refractivity (Wildman–Crippen MR) is 86.7 cm³/mol. The number of aromatic nitrogens is 2. The Hall–Kier alpha value is -2.13. The second-order valence-corrected chi connectivity index (χ2v) is 5.69. The topological polar surface area (TPSA) is 28.7 Å². The van der Waals surface area contributed by atoms with Crippen molar-refractivity contribution in [1.29, 1.82) is 0 Å². The van der Waals surface area contributed by atoms with Gasteiger partial charge in [-0.25, -0.2) is 4.98 Å². The van der Waals surface area contributed by atoms with E-state index in [0.29, 0.717) is 0 Å². The van der Waals surface area contributed by atoms with Crippen molar-refractivity contribution in [2.24, 2.45) is 0 Å². The normalized spacial score (nSPS) is 11.2. The lowest BCUT2D eigenvalue weighted by Gasteiger charge is -1.99. The Bertz CT molecular complexity index is 910. The number of benzene rings is 3. The maximum atomic E-state index is 4.69. The molecule has 0 saturated heterocycles. The highest BCUT2D eigenvalue weighted by atomic mass is 79.9. The van der Waals surface area contributed by atoms with Gasteiger partial charge in [-0.3, -0.25) is 0 Å². The number of imidazole rings is 1. The van der Waals surface area contributed by atoms with E-state index in [1.165, 1.54) is 10.8 Å². The number of nitrogens with one attached hydrogen (secondary N) is 1. The van der Waals surface area contributed by atoms with Gasteiger partial charge in [-0.2, -0.15) is 0 Å². The van der Waals surface area contributed by atoms with Crippen molar-refractivity contribution in [3.63, 3.8) is 0 Å². The van der Waals surface area contributed by atoms with Gasteiger partial charge in [0, 0.05) is 15.4 Å². The van der Waals surface area contributed by atoms with Crippen molar-refractivity contribution in [3.8, 4) is 11.4 Å². The molecule has 1 N–H and O–H groups in total. The van der Waals surface area contributed by atoms with Crippen LogP contribution in [0.2, 0.25) is 0 Å². The summed E-state index contributed by atoms with van der Waals surface area (Å²) in [6.45, 7) is 0. The molecule has 0 aliphatic heterocycles. The van der Waals surface area contributed by atoms with Gasteiger partial charge in [0.1, 0.15) is 5.82 Å². The van der Waals surface area contributed by atoms with Gasteiger partial charge in [0.15, 0.2) is 0 Å². The first kappa shape index (κ1) is 11.7. The summed E-state index contributed by atoms with van der Waals surface area (Å²) < 4.78 is 1.09. The standard InChI is InChI=1S/C17H11BrN2/c18-13-7-8-14-12(10-13)6-9-15-16(14)20-17(19-15)11-4-2-1-3-5-11/h1-10H,(H,19,20). The summed E-state index contributed by atoms with van der Waals surface area (Å²) in [5.74, 6) is 0.913. The van der Waals surface area contributed by atoms with Crippen LogP contribution in [-0.2, 0) is 0 Å². The van der Waals surface area contributed by atoms with E-state index in [1.807, 2.05) is 18.2 Å². The summed E-state index contributed by atoms with van der Waals surface area (Å²) in [7, 11) is 0. The number of hydrogen-bond donors (Lipinski definition) is 1. The molecule has 0 bridgehead atoms. The van der Waals surface area contributed by atoms with Crippen LogP contribution in [0.25, 0.3) is 33.2 Å². The molecule has 0 unspecified atom stereocenters. The van der Waals surface area contributed by atoms with Crippen LogP contribution in [0.3, 0.4) is 0 Å². The van der Waals surface area contributed by atoms with Crippen molar-refractivity contribution < 1.29 is 0 Å². The predicted octanol–water partition coefficient (Wildman–Crippen LogP) is 5.15. The highest BCUT2D eigenvalue weighted by Crippen LogP contribution is 2.28. The van der Waals surface area contributed by atoms with E-state index < -0.39 is 0 Å². The third-order valence-corrected chi connectivity index (χ3v) is 3.98. The van der Waals surface area contributed by atoms with E-state index in [4.69, 9.17) is 0 Å². The van der Waals surface area contributed by atoms with E-state index in [2.05, 4.69) is 68.4 Å². The van der Waals surface area contributed by atoms with Crippen LogP contribution >= 0.6 is 15.9 Å². The van der Waals surface area contributed by atoms with Crippen LogP contribution < -0.4 is 0 Å². The molecule has 1 aromatic heterocycles. The molecule has 20 heavy (non-hydrogen) atoms. The molecule has 3 heteroatoms. The number of halogens is 1. The van der Waals surface area contributed by atoms with Crippen LogP contribution in [0.4, 0.5) is 0 Å². The zero-order chi connectivity index (χ0) is 13.5. The molecule has 0 aliphatic rings. The highest BCUT2D eigenvalue weighted by molar-refractivity contribution is 9.10. The molecular weight excluding hydrogens is 312 g/mol. The van der Waals surface area contributed by atoms with E-state index in [0.717, 1.165) is 26.9 Å². The second-order valence-electron chi connectivity index (χ2n) is 4.78. The van der Waals surface area contributed by atoms with Gasteiger partial charge < -0.3 is 4.98 Å². The number of nitrogens with zero attached hydrogens (tertiary/aromatic N) is 1. The van der Waals surface area contributed by atoms with E-state index >= 15 is 0 Å². The van der Waals surface area contributed by atoms with Gasteiger partial charge in [0.25, 0.3) is 0 Å². The average molecular weight is 323 g/mol. The van der Waals surface area contributed by atoms with Crippen molar-refractivity contribution in [3.05, 3.63) is 65.1 Å². The van der Waals surface area contributed by atoms with Crippen molar-refractivity contribution in [2.75, 3.05) is 0 Å². The zero-order valence-corrected chi connectivity index (χ0v) is 12.2. The number of rotatable bonds is 1. The molecule has 4 aromatic rings. The second kappa shape index (κ2) is 4.46. The minimum absolute atomic E-state index is 0.913. The maximum absolute atomic E-state index is 4.69. The molecule has 0 spiro atoms. The van der Waals surface area contributed by atoms with Gasteiger partial charge in [0.05, 0.1) is 11.0 Å². The molecule has 0 fully saturated rings. The fourth-order valence-corrected chi connectivity index (χ4v) is 2.89. The summed E-state index contributed by atoms with van der Waals surface area (Å²) in [6, 6.07) is 20.7. The molecule has 4 rings (SSSR count). The Morgan fingerprint density at radius 1 is 0.900 bits per heavy atom. The fraction of sp³-hybridized carbons (Fsp3) is 0. The van der Waals surface area contributed by atoms with Crippen LogP contribution in [0.1, 0.15) is 0 Å². The van der Waals surface area contributed by atoms with E-state index in [1.54, 1.807) is 0 Å². The van der Waals surface area contributed by atoms with Gasteiger partial charge in [0.2, 0.25) is 0 Å². The van der Waals surface area contributed by atoms with Gasteiger partial charge >= 0.3 is 0 Å². The van der Waals surface area contributed by atoms with Crippen molar-refractivity contribution >= 4 is 37.7 Å². The third-order valence-electron chi connectivity index (χ3n) is 3.48. The molecule has 0 atom stereocenters. The minimum atomic E-state index is 0.913. The Labute approximate surface area is 124 Å². The molecule has 0 amide bonds. The monoisotopic (exact) mass is 322 g/mol. The molecule has 1 heterocycles. The van der Waals surface area contributed by atoms with Crippen LogP contribution in [0.5, 0.6) is 0 Å². The summed E-state index contributed by atoms with van der Waals surface area (Å²) in [5.41, 5.74) is 3.20. The summed E-state index contributed by atoms with van der Waals surface area (Å²) in [6.07, 6.45) is 0. The van der Waals surface area contributed by atoms with Gasteiger partial charge in [-0.05, 0) is 23.6 Å².